The Hall–Kier alpha value is -5.96. The van der Waals surface area contributed by atoms with Crippen molar-refractivity contribution in [3.05, 3.63) is 158 Å². The predicted octanol–water partition coefficient (Wildman–Crippen LogP) is 13.9. The number of para-hydroxylation sites is 1. The van der Waals surface area contributed by atoms with Gasteiger partial charge in [0.25, 0.3) is 0 Å². The molecule has 1 nitrogen and oxygen atoms in total. The molecule has 11 aromatic rings. The van der Waals surface area contributed by atoms with E-state index in [-0.39, 0.29) is 0 Å². The van der Waals surface area contributed by atoms with Gasteiger partial charge in [0.1, 0.15) is 11.2 Å². The fourth-order valence-corrected chi connectivity index (χ4v) is 9.33. The average Bonchev–Trinajstić information content (AvgIpc) is 3.72. The van der Waals surface area contributed by atoms with Crippen LogP contribution in [-0.4, -0.2) is 0 Å². The lowest BCUT2D eigenvalue weighted by atomic mass is 9.83. The van der Waals surface area contributed by atoms with Gasteiger partial charge in [0.2, 0.25) is 0 Å². The van der Waals surface area contributed by atoms with Crippen molar-refractivity contribution in [2.45, 2.75) is 0 Å². The molecule has 0 aliphatic carbocycles. The molecule has 0 aliphatic rings. The van der Waals surface area contributed by atoms with E-state index in [0.29, 0.717) is 0 Å². The second kappa shape index (κ2) is 9.78. The van der Waals surface area contributed by atoms with Crippen LogP contribution < -0.4 is 0 Å². The summed E-state index contributed by atoms with van der Waals surface area (Å²) in [5, 5.41) is 12.8. The maximum absolute atomic E-state index is 6.27. The van der Waals surface area contributed by atoms with Crippen LogP contribution in [0.4, 0.5) is 0 Å². The third-order valence-corrected chi connectivity index (χ3v) is 11.3. The first-order valence-corrected chi connectivity index (χ1v) is 17.2. The van der Waals surface area contributed by atoms with E-state index in [9.17, 15) is 0 Å². The van der Waals surface area contributed by atoms with E-state index in [1.54, 1.807) is 0 Å². The molecule has 11 rings (SSSR count). The van der Waals surface area contributed by atoms with Crippen LogP contribution in [0.3, 0.4) is 0 Å². The molecule has 0 saturated carbocycles. The van der Waals surface area contributed by atoms with Crippen LogP contribution in [0, 0.1) is 0 Å². The van der Waals surface area contributed by atoms with Gasteiger partial charge in [0, 0.05) is 30.9 Å². The van der Waals surface area contributed by atoms with Crippen molar-refractivity contribution in [3.63, 3.8) is 0 Å². The Balaban J connectivity index is 1.18. The molecule has 0 saturated heterocycles. The molecule has 2 heteroatoms. The Morgan fingerprint density at radius 2 is 0.938 bits per heavy atom. The maximum Gasteiger partial charge on any atom is 0.136 e. The van der Waals surface area contributed by atoms with Crippen molar-refractivity contribution in [2.75, 3.05) is 0 Å². The van der Waals surface area contributed by atoms with Gasteiger partial charge in [0.05, 0.1) is 0 Å². The van der Waals surface area contributed by atoms with E-state index in [1.807, 2.05) is 23.5 Å². The minimum atomic E-state index is 0.916. The lowest BCUT2D eigenvalue weighted by Crippen LogP contribution is -1.92. The second-order valence-corrected chi connectivity index (χ2v) is 13.9. The molecule has 0 fully saturated rings. The maximum atomic E-state index is 6.27. The fourth-order valence-electron chi connectivity index (χ4n) is 8.17. The molecule has 0 spiro atoms. The second-order valence-electron chi connectivity index (χ2n) is 12.8. The first-order valence-electron chi connectivity index (χ1n) is 16.4. The molecule has 0 amide bonds. The molecule has 0 bridgehead atoms. The Bertz CT molecular complexity index is 3010. The number of benzene rings is 9. The molecule has 0 aliphatic heterocycles. The van der Waals surface area contributed by atoms with E-state index in [4.69, 9.17) is 4.42 Å². The van der Waals surface area contributed by atoms with Crippen LogP contribution in [0.1, 0.15) is 0 Å². The molecule has 0 radical (unpaired) electrons. The smallest absolute Gasteiger partial charge is 0.136 e. The highest BCUT2D eigenvalue weighted by Crippen LogP contribution is 2.49. The third kappa shape index (κ3) is 3.61. The van der Waals surface area contributed by atoms with Gasteiger partial charge >= 0.3 is 0 Å². The summed E-state index contributed by atoms with van der Waals surface area (Å²) in [6.07, 6.45) is 0. The van der Waals surface area contributed by atoms with E-state index < -0.39 is 0 Å². The first kappa shape index (κ1) is 26.1. The Morgan fingerprint density at radius 3 is 1.73 bits per heavy atom. The summed E-state index contributed by atoms with van der Waals surface area (Å²) in [5.74, 6) is 0. The van der Waals surface area contributed by atoms with Crippen LogP contribution in [0.25, 0.3) is 108 Å². The largest absolute Gasteiger partial charge is 0.456 e. The molecule has 2 aromatic heterocycles. The fraction of sp³-hybridized carbons (Fsp3) is 0. The normalized spacial score (nSPS) is 12.2. The van der Waals surface area contributed by atoms with Gasteiger partial charge in [-0.25, -0.2) is 0 Å². The molecule has 2 heterocycles. The molecule has 0 N–H and O–H groups in total. The van der Waals surface area contributed by atoms with Crippen LogP contribution in [0.5, 0.6) is 0 Å². The van der Waals surface area contributed by atoms with Gasteiger partial charge in [-0.3, -0.25) is 0 Å². The Labute approximate surface area is 280 Å². The van der Waals surface area contributed by atoms with Crippen molar-refractivity contribution in [3.8, 4) is 33.4 Å². The zero-order chi connectivity index (χ0) is 31.3. The van der Waals surface area contributed by atoms with Crippen molar-refractivity contribution in [1.82, 2.24) is 0 Å². The zero-order valence-corrected chi connectivity index (χ0v) is 26.6. The minimum absolute atomic E-state index is 0.916. The highest BCUT2D eigenvalue weighted by molar-refractivity contribution is 7.26. The van der Waals surface area contributed by atoms with Crippen molar-refractivity contribution < 1.29 is 4.42 Å². The van der Waals surface area contributed by atoms with Gasteiger partial charge in [0.15, 0.2) is 0 Å². The summed E-state index contributed by atoms with van der Waals surface area (Å²) in [4.78, 5) is 0. The highest BCUT2D eigenvalue weighted by atomic mass is 32.1. The summed E-state index contributed by atoms with van der Waals surface area (Å²) >= 11 is 1.90. The number of furan rings is 1. The lowest BCUT2D eigenvalue weighted by molar-refractivity contribution is 0.669. The molecular formula is C46H26OS. The molecule has 9 aromatic carbocycles. The number of fused-ring (bicyclic) bond motifs is 5. The number of thiophene rings is 1. The van der Waals surface area contributed by atoms with Crippen molar-refractivity contribution in [1.29, 1.82) is 0 Å². The Kier molecular flexibility index (Phi) is 5.32. The van der Waals surface area contributed by atoms with E-state index in [1.165, 1.54) is 80.3 Å². The van der Waals surface area contributed by atoms with Crippen LogP contribution in [0.15, 0.2) is 162 Å². The lowest BCUT2D eigenvalue weighted by Gasteiger charge is -2.19. The zero-order valence-electron chi connectivity index (χ0n) is 25.8. The average molecular weight is 627 g/mol. The Morgan fingerprint density at radius 1 is 0.354 bits per heavy atom. The van der Waals surface area contributed by atoms with Crippen LogP contribution in [-0.2, 0) is 0 Å². The molecule has 222 valence electrons. The number of hydrogen-bond donors (Lipinski definition) is 0. The number of rotatable bonds is 3. The standard InChI is InChI=1S/C46H26OS/c1-3-16-35-33(14-1)43(29-11-7-10-27(24-29)28-22-23-32-31-13-5-6-19-39(31)47-40(32)26-28)34-15-2-4-17-36(34)45(35)38-25-30-12-8-20-41-44(30)46-37(38)18-9-21-42(46)48-41/h1-26H. The van der Waals surface area contributed by atoms with Gasteiger partial charge < -0.3 is 4.42 Å². The third-order valence-electron chi connectivity index (χ3n) is 10.2. The summed E-state index contributed by atoms with van der Waals surface area (Å²) in [5.41, 5.74) is 9.24. The van der Waals surface area contributed by atoms with E-state index >= 15 is 0 Å². The van der Waals surface area contributed by atoms with E-state index in [0.717, 1.165) is 27.5 Å². The molecule has 0 atom stereocenters. The summed E-state index contributed by atoms with van der Waals surface area (Å²) in [6, 6.07) is 57.8. The molecule has 48 heavy (non-hydrogen) atoms. The van der Waals surface area contributed by atoms with Gasteiger partial charge in [-0.1, -0.05) is 115 Å². The van der Waals surface area contributed by atoms with Gasteiger partial charge in [-0.15, -0.1) is 11.3 Å². The number of hydrogen-bond acceptors (Lipinski definition) is 2. The van der Waals surface area contributed by atoms with Gasteiger partial charge in [-0.2, -0.15) is 0 Å². The summed E-state index contributed by atoms with van der Waals surface area (Å²) in [6.45, 7) is 0. The monoisotopic (exact) mass is 626 g/mol. The summed E-state index contributed by atoms with van der Waals surface area (Å²) < 4.78 is 8.97. The summed E-state index contributed by atoms with van der Waals surface area (Å²) in [7, 11) is 0. The minimum Gasteiger partial charge on any atom is -0.456 e. The van der Waals surface area contributed by atoms with Crippen molar-refractivity contribution in [2.24, 2.45) is 0 Å². The quantitative estimate of drug-likeness (QED) is 0.140. The van der Waals surface area contributed by atoms with Crippen LogP contribution >= 0.6 is 11.3 Å². The molecular weight excluding hydrogens is 601 g/mol. The van der Waals surface area contributed by atoms with Crippen LogP contribution in [0.2, 0.25) is 0 Å². The van der Waals surface area contributed by atoms with E-state index in [2.05, 4.69) is 146 Å². The molecule has 0 unspecified atom stereocenters. The topological polar surface area (TPSA) is 13.1 Å². The first-order chi connectivity index (χ1) is 23.8. The predicted molar refractivity (Wildman–Crippen MR) is 207 cm³/mol. The van der Waals surface area contributed by atoms with Gasteiger partial charge in [-0.05, 0) is 108 Å². The van der Waals surface area contributed by atoms with Crippen molar-refractivity contribution >= 4 is 85.8 Å². The highest BCUT2D eigenvalue weighted by Gasteiger charge is 2.21. The SMILES string of the molecule is c1cc(-c2ccc3c(c2)oc2ccccc23)cc(-c2c3ccccc3c(-c3cc4cccc5sc6cccc3c6c45)c3ccccc23)c1.